The van der Waals surface area contributed by atoms with Gasteiger partial charge in [-0.2, -0.15) is 0 Å². The first kappa shape index (κ1) is 21.9. The number of amides is 2. The molecule has 1 aliphatic rings. The first-order valence-electron chi connectivity index (χ1n) is 9.49. The summed E-state index contributed by atoms with van der Waals surface area (Å²) in [6, 6.07) is 5.96. The van der Waals surface area contributed by atoms with Gasteiger partial charge >= 0.3 is 5.97 Å². The van der Waals surface area contributed by atoms with E-state index in [0.717, 1.165) is 0 Å². The van der Waals surface area contributed by atoms with Crippen molar-refractivity contribution in [3.63, 3.8) is 0 Å². The maximum Gasteiger partial charge on any atom is 0.328 e. The van der Waals surface area contributed by atoms with Crippen LogP contribution in [0.4, 0.5) is 0 Å². The van der Waals surface area contributed by atoms with Gasteiger partial charge in [-0.15, -0.1) is 0 Å². The van der Waals surface area contributed by atoms with Crippen molar-refractivity contribution < 1.29 is 23.9 Å². The molecule has 2 amide bonds. The van der Waals surface area contributed by atoms with Crippen LogP contribution in [0.1, 0.15) is 63.6 Å². The average Bonchev–Trinajstić information content (AvgIpc) is 2.87. The summed E-state index contributed by atoms with van der Waals surface area (Å²) < 4.78 is 10.7. The monoisotopic (exact) mass is 390 g/mol. The summed E-state index contributed by atoms with van der Waals surface area (Å²) in [4.78, 5) is 38.8. The number of methoxy groups -OCH3 is 1. The second kappa shape index (κ2) is 8.31. The molecular weight excluding hydrogens is 360 g/mol. The number of nitrogens with one attached hydrogen (secondary N) is 1. The number of carbonyl (C=O) groups is 3. The fraction of sp³-hybridized carbons (Fsp3) is 0.571. The molecule has 1 N–H and O–H groups in total. The van der Waals surface area contributed by atoms with Crippen LogP contribution in [0.3, 0.4) is 0 Å². The highest BCUT2D eigenvalue weighted by Gasteiger charge is 2.47. The Morgan fingerprint density at radius 2 is 1.71 bits per heavy atom. The lowest BCUT2D eigenvalue weighted by Crippen LogP contribution is -2.46. The van der Waals surface area contributed by atoms with Gasteiger partial charge in [-0.1, -0.05) is 26.0 Å². The largest absolute Gasteiger partial charge is 0.467 e. The lowest BCUT2D eigenvalue weighted by Gasteiger charge is -2.32. The van der Waals surface area contributed by atoms with E-state index in [1.165, 1.54) is 7.11 Å². The van der Waals surface area contributed by atoms with E-state index in [1.807, 2.05) is 41.5 Å². The number of hydrogen-bond donors (Lipinski definition) is 1. The molecule has 154 valence electrons. The molecule has 28 heavy (non-hydrogen) atoms. The Kier molecular flexibility index (Phi) is 6.49. The van der Waals surface area contributed by atoms with Crippen LogP contribution in [-0.4, -0.2) is 47.6 Å². The average molecular weight is 390 g/mol. The number of benzene rings is 1. The number of rotatable bonds is 6. The van der Waals surface area contributed by atoms with Gasteiger partial charge in [0.05, 0.1) is 7.11 Å². The number of hydrogen-bond acceptors (Lipinski definition) is 5. The van der Waals surface area contributed by atoms with Crippen LogP contribution in [0, 0.1) is 5.92 Å². The number of carbonyl (C=O) groups excluding carboxylic acids is 3. The maximum atomic E-state index is 12.8. The zero-order valence-electron chi connectivity index (χ0n) is 17.6. The van der Waals surface area contributed by atoms with E-state index >= 15 is 0 Å². The molecule has 1 fully saturated rings. The summed E-state index contributed by atoms with van der Waals surface area (Å²) in [5, 5.41) is 2.70. The standard InChI is InChI=1S/C21H30N2O5/c1-12(2)16(20(26)27-7)22-18(24)15-10-8-14(9-11-15)17-19(25)23(13(3)4)21(5,6)28-17/h8-13,16-17H,1-7H3,(H,22,24)/t16-,17?/m0/s1. The second-order valence-corrected chi connectivity index (χ2v) is 8.09. The van der Waals surface area contributed by atoms with Gasteiger partial charge in [0.2, 0.25) is 0 Å². The van der Waals surface area contributed by atoms with Crippen molar-refractivity contribution in [3.8, 4) is 0 Å². The van der Waals surface area contributed by atoms with Gasteiger partial charge in [0.1, 0.15) is 11.8 Å². The topological polar surface area (TPSA) is 84.9 Å². The molecule has 1 heterocycles. The SMILES string of the molecule is COC(=O)[C@@H](NC(=O)c1ccc(C2OC(C)(C)N(C(C)C)C2=O)cc1)C(C)C. The summed E-state index contributed by atoms with van der Waals surface area (Å²) in [6.07, 6.45) is -0.701. The summed E-state index contributed by atoms with van der Waals surface area (Å²) in [5.74, 6) is -1.06. The molecule has 0 bridgehead atoms. The highest BCUT2D eigenvalue weighted by Crippen LogP contribution is 2.38. The zero-order chi connectivity index (χ0) is 21.2. The lowest BCUT2D eigenvalue weighted by atomic mass is 10.0. The Balaban J connectivity index is 2.16. The third-order valence-electron chi connectivity index (χ3n) is 4.85. The molecule has 2 atom stereocenters. The van der Waals surface area contributed by atoms with Crippen molar-refractivity contribution in [2.24, 2.45) is 5.92 Å². The third-order valence-corrected chi connectivity index (χ3v) is 4.85. The zero-order valence-corrected chi connectivity index (χ0v) is 17.6. The Morgan fingerprint density at radius 1 is 1.14 bits per heavy atom. The number of ether oxygens (including phenoxy) is 2. The van der Waals surface area contributed by atoms with Gasteiger partial charge in [0, 0.05) is 11.6 Å². The predicted octanol–water partition coefficient (Wildman–Crippen LogP) is 2.66. The molecule has 0 saturated carbocycles. The highest BCUT2D eigenvalue weighted by atomic mass is 16.6. The molecule has 1 unspecified atom stereocenters. The van der Waals surface area contributed by atoms with Crippen LogP contribution in [-0.2, 0) is 19.1 Å². The molecule has 0 spiro atoms. The third kappa shape index (κ3) is 4.35. The normalized spacial score (nSPS) is 19.8. The van der Waals surface area contributed by atoms with Gasteiger partial charge in [0.25, 0.3) is 11.8 Å². The first-order chi connectivity index (χ1) is 13.0. The Morgan fingerprint density at radius 3 is 2.14 bits per heavy atom. The summed E-state index contributed by atoms with van der Waals surface area (Å²) in [6.45, 7) is 11.3. The smallest absolute Gasteiger partial charge is 0.328 e. The van der Waals surface area contributed by atoms with Crippen LogP contribution < -0.4 is 5.32 Å². The Labute approximate surface area is 166 Å². The van der Waals surface area contributed by atoms with Crippen LogP contribution in [0.5, 0.6) is 0 Å². The van der Waals surface area contributed by atoms with Crippen molar-refractivity contribution in [1.82, 2.24) is 10.2 Å². The number of esters is 1. The van der Waals surface area contributed by atoms with Crippen LogP contribution in [0.15, 0.2) is 24.3 Å². The summed E-state index contributed by atoms with van der Waals surface area (Å²) in [7, 11) is 1.29. The van der Waals surface area contributed by atoms with E-state index < -0.39 is 23.8 Å². The molecule has 1 aromatic rings. The molecule has 1 aliphatic heterocycles. The van der Waals surface area contributed by atoms with Crippen LogP contribution in [0.25, 0.3) is 0 Å². The number of nitrogens with zero attached hydrogens (tertiary/aromatic N) is 1. The van der Waals surface area contributed by atoms with Crippen molar-refractivity contribution in [3.05, 3.63) is 35.4 Å². The minimum atomic E-state index is -0.725. The van der Waals surface area contributed by atoms with E-state index in [2.05, 4.69) is 5.32 Å². The molecule has 2 rings (SSSR count). The van der Waals surface area contributed by atoms with Crippen molar-refractivity contribution in [1.29, 1.82) is 0 Å². The quantitative estimate of drug-likeness (QED) is 0.755. The van der Waals surface area contributed by atoms with Gasteiger partial charge in [-0.05, 0) is 51.3 Å². The summed E-state index contributed by atoms with van der Waals surface area (Å²) in [5.41, 5.74) is 0.381. The summed E-state index contributed by atoms with van der Waals surface area (Å²) >= 11 is 0. The Bertz CT molecular complexity index is 740. The molecule has 7 nitrogen and oxygen atoms in total. The van der Waals surface area contributed by atoms with Gasteiger partial charge in [0.15, 0.2) is 6.10 Å². The van der Waals surface area contributed by atoms with Crippen LogP contribution in [0.2, 0.25) is 0 Å². The van der Waals surface area contributed by atoms with Gasteiger partial charge in [-0.25, -0.2) is 4.79 Å². The van der Waals surface area contributed by atoms with Gasteiger partial charge < -0.3 is 19.7 Å². The fourth-order valence-electron chi connectivity index (χ4n) is 3.53. The van der Waals surface area contributed by atoms with E-state index in [4.69, 9.17) is 9.47 Å². The van der Waals surface area contributed by atoms with E-state index in [1.54, 1.807) is 29.2 Å². The maximum absolute atomic E-state index is 12.8. The fourth-order valence-corrected chi connectivity index (χ4v) is 3.53. The Hall–Kier alpha value is -2.41. The molecule has 7 heteroatoms. The minimum Gasteiger partial charge on any atom is -0.467 e. The molecule has 0 radical (unpaired) electrons. The predicted molar refractivity (Wildman–Crippen MR) is 104 cm³/mol. The van der Waals surface area contributed by atoms with Crippen molar-refractivity contribution in [2.45, 2.75) is 65.5 Å². The van der Waals surface area contributed by atoms with E-state index in [-0.39, 0.29) is 23.8 Å². The second-order valence-electron chi connectivity index (χ2n) is 8.09. The first-order valence-corrected chi connectivity index (χ1v) is 9.49. The van der Waals surface area contributed by atoms with Crippen molar-refractivity contribution >= 4 is 17.8 Å². The van der Waals surface area contributed by atoms with Crippen molar-refractivity contribution in [2.75, 3.05) is 7.11 Å². The highest BCUT2D eigenvalue weighted by molar-refractivity contribution is 5.97. The van der Waals surface area contributed by atoms with Crippen LogP contribution >= 0.6 is 0 Å². The van der Waals surface area contributed by atoms with E-state index in [9.17, 15) is 14.4 Å². The molecule has 0 aromatic heterocycles. The molecule has 1 aromatic carbocycles. The van der Waals surface area contributed by atoms with Gasteiger partial charge in [-0.3, -0.25) is 9.59 Å². The lowest BCUT2D eigenvalue weighted by molar-refractivity contribution is -0.144. The minimum absolute atomic E-state index is 0.0174. The van der Waals surface area contributed by atoms with E-state index in [0.29, 0.717) is 11.1 Å². The molecule has 0 aliphatic carbocycles. The molecule has 1 saturated heterocycles. The molecular formula is C21H30N2O5.